The van der Waals surface area contributed by atoms with Crippen LogP contribution in [0.3, 0.4) is 0 Å². The molecule has 3 N–H and O–H groups in total. The molecule has 0 aromatic heterocycles. The number of nitrogens with zero attached hydrogens (tertiary/aromatic N) is 2. The summed E-state index contributed by atoms with van der Waals surface area (Å²) in [4.78, 5) is 7.39. The van der Waals surface area contributed by atoms with Crippen molar-refractivity contribution in [2.75, 3.05) is 44.9 Å². The molecule has 1 saturated heterocycles. The lowest BCUT2D eigenvalue weighted by molar-refractivity contribution is 0.0672. The van der Waals surface area contributed by atoms with Gasteiger partial charge in [0.1, 0.15) is 0 Å². The molecule has 0 radical (unpaired) electrons. The maximum atomic E-state index is 6.07. The Morgan fingerprint density at radius 2 is 1.96 bits per heavy atom. The third kappa shape index (κ3) is 6.59. The Balaban J connectivity index is 0.00000264. The number of aliphatic imine (C=N–C) groups is 1. The average Bonchev–Trinajstić information content (AvgIpc) is 2.55. The first-order chi connectivity index (χ1) is 10.7. The van der Waals surface area contributed by atoms with Crippen molar-refractivity contribution in [1.29, 1.82) is 0 Å². The van der Waals surface area contributed by atoms with Gasteiger partial charge < -0.3 is 15.8 Å². The molecule has 0 bridgehead atoms. The van der Waals surface area contributed by atoms with Crippen LogP contribution in [-0.2, 0) is 4.74 Å². The van der Waals surface area contributed by atoms with Gasteiger partial charge in [0.25, 0.3) is 0 Å². The van der Waals surface area contributed by atoms with Gasteiger partial charge in [-0.15, -0.1) is 24.0 Å². The summed E-state index contributed by atoms with van der Waals surface area (Å²) in [6.07, 6.45) is 6.55. The standard InChI is InChI=1S/C16H32N4OS.HI/c1-14(12-21-2)19-15(17)18-13-16(6-4-3-5-7-16)20-8-10-22-11-9-20;/h14H,3-13H2,1-2H3,(H3,17,18,19);1H. The smallest absolute Gasteiger partial charge is 0.188 e. The molecule has 23 heavy (non-hydrogen) atoms. The largest absolute Gasteiger partial charge is 0.383 e. The molecule has 0 amide bonds. The molecular formula is C16H33IN4OS. The van der Waals surface area contributed by atoms with Crippen LogP contribution in [0.5, 0.6) is 0 Å². The molecule has 1 saturated carbocycles. The van der Waals surface area contributed by atoms with Gasteiger partial charge in [-0.2, -0.15) is 11.8 Å². The molecule has 0 spiro atoms. The molecule has 0 aromatic rings. The summed E-state index contributed by atoms with van der Waals surface area (Å²) >= 11 is 2.07. The van der Waals surface area contributed by atoms with Crippen molar-refractivity contribution in [3.05, 3.63) is 0 Å². The summed E-state index contributed by atoms with van der Waals surface area (Å²) in [5, 5.41) is 3.22. The molecule has 0 aromatic carbocycles. The van der Waals surface area contributed by atoms with Gasteiger partial charge in [-0.1, -0.05) is 19.3 Å². The average molecular weight is 456 g/mol. The minimum atomic E-state index is 0. The maximum Gasteiger partial charge on any atom is 0.188 e. The zero-order chi connectivity index (χ0) is 15.8. The Bertz CT molecular complexity index is 358. The van der Waals surface area contributed by atoms with Crippen LogP contribution >= 0.6 is 35.7 Å². The summed E-state index contributed by atoms with van der Waals surface area (Å²) < 4.78 is 5.13. The van der Waals surface area contributed by atoms with Crippen molar-refractivity contribution in [3.63, 3.8) is 0 Å². The highest BCUT2D eigenvalue weighted by atomic mass is 127. The zero-order valence-corrected chi connectivity index (χ0v) is 17.7. The number of nitrogens with two attached hydrogens (primary N) is 1. The summed E-state index contributed by atoms with van der Waals surface area (Å²) in [7, 11) is 1.71. The number of thioether (sulfide) groups is 1. The minimum absolute atomic E-state index is 0. The van der Waals surface area contributed by atoms with Gasteiger partial charge in [-0.3, -0.25) is 9.89 Å². The van der Waals surface area contributed by atoms with E-state index >= 15 is 0 Å². The topological polar surface area (TPSA) is 62.9 Å². The van der Waals surface area contributed by atoms with Crippen LogP contribution < -0.4 is 11.1 Å². The fourth-order valence-corrected chi connectivity index (χ4v) is 4.55. The highest BCUT2D eigenvalue weighted by molar-refractivity contribution is 14.0. The van der Waals surface area contributed by atoms with Crippen molar-refractivity contribution in [2.45, 2.75) is 50.6 Å². The van der Waals surface area contributed by atoms with Crippen LogP contribution in [0.1, 0.15) is 39.0 Å². The molecule has 1 aliphatic heterocycles. The molecule has 1 atom stereocenters. The van der Waals surface area contributed by atoms with E-state index in [1.165, 1.54) is 56.7 Å². The predicted octanol–water partition coefficient (Wildman–Crippen LogP) is 2.30. The first-order valence-electron chi connectivity index (χ1n) is 8.54. The van der Waals surface area contributed by atoms with Crippen LogP contribution in [0.15, 0.2) is 4.99 Å². The summed E-state index contributed by atoms with van der Waals surface area (Å²) in [6, 6.07) is 0.197. The number of halogens is 1. The summed E-state index contributed by atoms with van der Waals surface area (Å²) in [5.41, 5.74) is 6.32. The number of guanidine groups is 1. The van der Waals surface area contributed by atoms with Crippen LogP contribution in [0, 0.1) is 0 Å². The lowest BCUT2D eigenvalue weighted by Gasteiger charge is -2.47. The van der Waals surface area contributed by atoms with Crippen molar-refractivity contribution < 1.29 is 4.74 Å². The van der Waals surface area contributed by atoms with Crippen LogP contribution in [0.25, 0.3) is 0 Å². The second-order valence-electron chi connectivity index (χ2n) is 6.59. The Morgan fingerprint density at radius 1 is 1.30 bits per heavy atom. The second-order valence-corrected chi connectivity index (χ2v) is 7.81. The molecule has 1 aliphatic carbocycles. The molecule has 5 nitrogen and oxygen atoms in total. The van der Waals surface area contributed by atoms with Gasteiger partial charge in [0.05, 0.1) is 13.2 Å². The van der Waals surface area contributed by atoms with E-state index < -0.39 is 0 Å². The Hall–Kier alpha value is 0.270. The van der Waals surface area contributed by atoms with Gasteiger partial charge >= 0.3 is 0 Å². The van der Waals surface area contributed by atoms with Crippen molar-refractivity contribution in [1.82, 2.24) is 10.2 Å². The van der Waals surface area contributed by atoms with E-state index in [9.17, 15) is 0 Å². The van der Waals surface area contributed by atoms with Crippen LogP contribution in [0.4, 0.5) is 0 Å². The van der Waals surface area contributed by atoms with E-state index in [4.69, 9.17) is 15.5 Å². The summed E-state index contributed by atoms with van der Waals surface area (Å²) in [6.45, 7) is 5.94. The third-order valence-electron chi connectivity index (χ3n) is 4.82. The molecule has 1 heterocycles. The highest BCUT2D eigenvalue weighted by Crippen LogP contribution is 2.35. The van der Waals surface area contributed by atoms with E-state index in [0.717, 1.165) is 6.54 Å². The predicted molar refractivity (Wildman–Crippen MR) is 111 cm³/mol. The van der Waals surface area contributed by atoms with Gasteiger partial charge in [0.2, 0.25) is 0 Å². The number of rotatable bonds is 6. The molecule has 2 fully saturated rings. The van der Waals surface area contributed by atoms with Crippen molar-refractivity contribution in [2.24, 2.45) is 10.7 Å². The number of methoxy groups -OCH3 is 1. The first kappa shape index (κ1) is 21.3. The minimum Gasteiger partial charge on any atom is -0.383 e. The lowest BCUT2D eigenvalue weighted by atomic mass is 9.80. The number of hydrogen-bond donors (Lipinski definition) is 2. The number of ether oxygens (including phenoxy) is 1. The Morgan fingerprint density at radius 3 is 2.57 bits per heavy atom. The fraction of sp³-hybridized carbons (Fsp3) is 0.938. The summed E-state index contributed by atoms with van der Waals surface area (Å²) in [5.74, 6) is 3.06. The van der Waals surface area contributed by atoms with E-state index in [-0.39, 0.29) is 35.6 Å². The van der Waals surface area contributed by atoms with Crippen molar-refractivity contribution >= 4 is 41.7 Å². The first-order valence-corrected chi connectivity index (χ1v) is 9.70. The lowest BCUT2D eigenvalue weighted by Crippen LogP contribution is -2.55. The van der Waals surface area contributed by atoms with E-state index in [1.807, 2.05) is 0 Å². The SMILES string of the molecule is COCC(C)NC(N)=NCC1(N2CCSCC2)CCCCC1.I. The van der Waals surface area contributed by atoms with Crippen LogP contribution in [0.2, 0.25) is 0 Å². The molecule has 136 valence electrons. The van der Waals surface area contributed by atoms with Gasteiger partial charge in [-0.05, 0) is 19.8 Å². The molecule has 2 rings (SSSR count). The zero-order valence-electron chi connectivity index (χ0n) is 14.6. The molecule has 7 heteroatoms. The third-order valence-corrected chi connectivity index (χ3v) is 5.76. The van der Waals surface area contributed by atoms with Crippen molar-refractivity contribution in [3.8, 4) is 0 Å². The van der Waals surface area contributed by atoms with Gasteiger partial charge in [0.15, 0.2) is 5.96 Å². The molecule has 2 aliphatic rings. The second kappa shape index (κ2) is 11.0. The number of hydrogen-bond acceptors (Lipinski definition) is 4. The van der Waals surface area contributed by atoms with Gasteiger partial charge in [0, 0.05) is 43.3 Å². The van der Waals surface area contributed by atoms with E-state index in [2.05, 4.69) is 28.9 Å². The molecule has 1 unspecified atom stereocenters. The van der Waals surface area contributed by atoms with E-state index in [1.54, 1.807) is 7.11 Å². The normalized spacial score (nSPS) is 23.8. The molecular weight excluding hydrogens is 423 g/mol. The van der Waals surface area contributed by atoms with E-state index in [0.29, 0.717) is 12.6 Å². The fourth-order valence-electron chi connectivity index (χ4n) is 3.64. The number of nitrogens with one attached hydrogen (secondary N) is 1. The van der Waals surface area contributed by atoms with Crippen LogP contribution in [-0.4, -0.2) is 67.3 Å². The maximum absolute atomic E-state index is 6.07. The highest BCUT2D eigenvalue weighted by Gasteiger charge is 2.38. The quantitative estimate of drug-likeness (QED) is 0.365. The Labute approximate surface area is 162 Å². The Kier molecular flexibility index (Phi) is 10.2. The monoisotopic (exact) mass is 456 g/mol. The van der Waals surface area contributed by atoms with Gasteiger partial charge in [-0.25, -0.2) is 0 Å².